The lowest BCUT2D eigenvalue weighted by Crippen LogP contribution is -2.29. The Labute approximate surface area is 158 Å². The van der Waals surface area contributed by atoms with E-state index in [1.54, 1.807) is 0 Å². The molecule has 3 aromatic rings. The molecule has 0 N–H and O–H groups in total. The standard InChI is InChI=1S/C24H21Br/c1-3-22-17(2)21-11-7-8-12-23(21)24(22,18-9-5-4-6-10-18)19-13-15-20(25)16-14-19/h4-16H,3H2,1-2H3. The second kappa shape index (κ2) is 6.31. The van der Waals surface area contributed by atoms with Crippen molar-refractivity contribution >= 4 is 21.5 Å². The first-order valence-electron chi connectivity index (χ1n) is 8.81. The average Bonchev–Trinajstić information content (AvgIpc) is 2.92. The molecular formula is C24H21Br. The van der Waals surface area contributed by atoms with Gasteiger partial charge in [0.1, 0.15) is 0 Å². The molecule has 124 valence electrons. The van der Waals surface area contributed by atoms with E-state index in [0.29, 0.717) is 0 Å². The minimum Gasteiger partial charge on any atom is -0.0622 e. The van der Waals surface area contributed by atoms with Gasteiger partial charge in [-0.15, -0.1) is 0 Å². The molecule has 0 saturated carbocycles. The second-order valence-electron chi connectivity index (χ2n) is 6.63. The van der Waals surface area contributed by atoms with Crippen molar-refractivity contribution in [1.29, 1.82) is 0 Å². The van der Waals surface area contributed by atoms with E-state index in [4.69, 9.17) is 0 Å². The minimum absolute atomic E-state index is 0.197. The topological polar surface area (TPSA) is 0 Å². The maximum absolute atomic E-state index is 3.59. The number of rotatable bonds is 3. The molecular weight excluding hydrogens is 368 g/mol. The lowest BCUT2D eigenvalue weighted by Gasteiger charge is -2.35. The van der Waals surface area contributed by atoms with Crippen LogP contribution in [0.4, 0.5) is 0 Å². The Morgan fingerprint density at radius 3 is 2.04 bits per heavy atom. The van der Waals surface area contributed by atoms with Crippen molar-refractivity contribution in [2.45, 2.75) is 25.7 Å². The Balaban J connectivity index is 2.14. The number of fused-ring (bicyclic) bond motifs is 1. The Morgan fingerprint density at radius 2 is 1.36 bits per heavy atom. The fraction of sp³-hybridized carbons (Fsp3) is 0.167. The van der Waals surface area contributed by atoms with Crippen molar-refractivity contribution in [3.05, 3.63) is 111 Å². The van der Waals surface area contributed by atoms with Crippen LogP contribution < -0.4 is 0 Å². The van der Waals surface area contributed by atoms with Crippen molar-refractivity contribution < 1.29 is 0 Å². The first-order valence-corrected chi connectivity index (χ1v) is 9.60. The summed E-state index contributed by atoms with van der Waals surface area (Å²) in [5, 5.41) is 0. The van der Waals surface area contributed by atoms with Gasteiger partial charge < -0.3 is 0 Å². The average molecular weight is 389 g/mol. The molecule has 0 radical (unpaired) electrons. The summed E-state index contributed by atoms with van der Waals surface area (Å²) >= 11 is 3.59. The van der Waals surface area contributed by atoms with Crippen molar-refractivity contribution in [3.8, 4) is 0 Å². The van der Waals surface area contributed by atoms with Gasteiger partial charge in [0, 0.05) is 4.47 Å². The molecule has 0 saturated heterocycles. The van der Waals surface area contributed by atoms with Gasteiger partial charge in [0.2, 0.25) is 0 Å². The van der Waals surface area contributed by atoms with Gasteiger partial charge >= 0.3 is 0 Å². The van der Waals surface area contributed by atoms with Crippen LogP contribution in [0.1, 0.15) is 42.5 Å². The summed E-state index contributed by atoms with van der Waals surface area (Å²) < 4.78 is 1.12. The van der Waals surface area contributed by atoms with E-state index >= 15 is 0 Å². The maximum Gasteiger partial charge on any atom is 0.0673 e. The molecule has 0 heterocycles. The first kappa shape index (κ1) is 16.4. The molecule has 0 aliphatic heterocycles. The zero-order valence-electron chi connectivity index (χ0n) is 14.6. The van der Waals surface area contributed by atoms with Crippen LogP contribution >= 0.6 is 15.9 Å². The highest BCUT2D eigenvalue weighted by Crippen LogP contribution is 2.55. The third-order valence-electron chi connectivity index (χ3n) is 5.48. The van der Waals surface area contributed by atoms with Crippen LogP contribution in [0.15, 0.2) is 88.9 Å². The van der Waals surface area contributed by atoms with E-state index in [0.717, 1.165) is 10.9 Å². The summed E-state index contributed by atoms with van der Waals surface area (Å²) in [7, 11) is 0. The maximum atomic E-state index is 3.59. The summed E-state index contributed by atoms with van der Waals surface area (Å²) in [6.07, 6.45) is 1.03. The van der Waals surface area contributed by atoms with Crippen molar-refractivity contribution in [2.24, 2.45) is 0 Å². The Hall–Kier alpha value is -2.12. The summed E-state index contributed by atoms with van der Waals surface area (Å²) in [6.45, 7) is 4.56. The van der Waals surface area contributed by atoms with Gasteiger partial charge in [-0.05, 0) is 58.9 Å². The Bertz CT molecular complexity index is 935. The van der Waals surface area contributed by atoms with Crippen LogP contribution in [0, 0.1) is 0 Å². The molecule has 0 aromatic heterocycles. The van der Waals surface area contributed by atoms with Crippen molar-refractivity contribution in [3.63, 3.8) is 0 Å². The molecule has 1 heteroatoms. The van der Waals surface area contributed by atoms with E-state index in [1.165, 1.54) is 33.4 Å². The highest BCUT2D eigenvalue weighted by Gasteiger charge is 2.45. The summed E-state index contributed by atoms with van der Waals surface area (Å²) in [5.41, 5.74) is 8.19. The molecule has 1 aliphatic carbocycles. The quantitative estimate of drug-likeness (QED) is 0.453. The van der Waals surface area contributed by atoms with Gasteiger partial charge in [-0.1, -0.05) is 89.6 Å². The SMILES string of the molecule is CCC1=C(C)c2ccccc2C1(c1ccccc1)c1ccc(Br)cc1. The van der Waals surface area contributed by atoms with Crippen LogP contribution in [-0.2, 0) is 5.41 Å². The Kier molecular flexibility index (Phi) is 4.13. The van der Waals surface area contributed by atoms with Gasteiger partial charge in [0.25, 0.3) is 0 Å². The smallest absolute Gasteiger partial charge is 0.0622 e. The second-order valence-corrected chi connectivity index (χ2v) is 7.54. The van der Waals surface area contributed by atoms with E-state index in [9.17, 15) is 0 Å². The monoisotopic (exact) mass is 388 g/mol. The molecule has 1 unspecified atom stereocenters. The number of allylic oxidation sites excluding steroid dienone is 2. The number of hydrogen-bond acceptors (Lipinski definition) is 0. The third kappa shape index (κ3) is 2.33. The minimum atomic E-state index is -0.197. The van der Waals surface area contributed by atoms with Crippen LogP contribution in [0.3, 0.4) is 0 Å². The molecule has 0 nitrogen and oxygen atoms in total. The number of hydrogen-bond donors (Lipinski definition) is 0. The van der Waals surface area contributed by atoms with Gasteiger partial charge in [-0.25, -0.2) is 0 Å². The molecule has 0 spiro atoms. The summed E-state index contributed by atoms with van der Waals surface area (Å²) in [5.74, 6) is 0. The lowest BCUT2D eigenvalue weighted by molar-refractivity contribution is 0.712. The van der Waals surface area contributed by atoms with Crippen LogP contribution in [-0.4, -0.2) is 0 Å². The Morgan fingerprint density at radius 1 is 0.760 bits per heavy atom. The van der Waals surface area contributed by atoms with E-state index < -0.39 is 0 Å². The van der Waals surface area contributed by atoms with Crippen LogP contribution in [0.25, 0.3) is 5.57 Å². The first-order chi connectivity index (χ1) is 12.2. The zero-order valence-corrected chi connectivity index (χ0v) is 16.2. The normalized spacial score (nSPS) is 19.2. The van der Waals surface area contributed by atoms with Crippen molar-refractivity contribution in [2.75, 3.05) is 0 Å². The molecule has 1 aliphatic rings. The van der Waals surface area contributed by atoms with Crippen LogP contribution in [0.5, 0.6) is 0 Å². The molecule has 4 rings (SSSR count). The van der Waals surface area contributed by atoms with Gasteiger partial charge in [0.15, 0.2) is 0 Å². The zero-order chi connectivity index (χ0) is 17.4. The fourth-order valence-corrected chi connectivity index (χ4v) is 4.75. The summed E-state index contributed by atoms with van der Waals surface area (Å²) in [6, 6.07) is 28.7. The largest absolute Gasteiger partial charge is 0.0673 e. The molecule has 0 fully saturated rings. The molecule has 1 atom stereocenters. The molecule has 0 amide bonds. The van der Waals surface area contributed by atoms with Gasteiger partial charge in [-0.2, -0.15) is 0 Å². The highest BCUT2D eigenvalue weighted by atomic mass is 79.9. The highest BCUT2D eigenvalue weighted by molar-refractivity contribution is 9.10. The molecule has 25 heavy (non-hydrogen) atoms. The molecule has 0 bridgehead atoms. The van der Waals surface area contributed by atoms with E-state index in [-0.39, 0.29) is 5.41 Å². The number of benzene rings is 3. The van der Waals surface area contributed by atoms with Crippen LogP contribution in [0.2, 0.25) is 0 Å². The van der Waals surface area contributed by atoms with E-state index in [1.807, 2.05) is 0 Å². The predicted octanol–water partition coefficient (Wildman–Crippen LogP) is 6.98. The summed E-state index contributed by atoms with van der Waals surface area (Å²) in [4.78, 5) is 0. The number of halogens is 1. The lowest BCUT2D eigenvalue weighted by atomic mass is 9.66. The third-order valence-corrected chi connectivity index (χ3v) is 6.01. The van der Waals surface area contributed by atoms with E-state index in [2.05, 4.69) is 109 Å². The van der Waals surface area contributed by atoms with Gasteiger partial charge in [-0.3, -0.25) is 0 Å². The fourth-order valence-electron chi connectivity index (χ4n) is 4.49. The van der Waals surface area contributed by atoms with Gasteiger partial charge in [0.05, 0.1) is 5.41 Å². The predicted molar refractivity (Wildman–Crippen MR) is 110 cm³/mol. The molecule has 3 aromatic carbocycles. The van der Waals surface area contributed by atoms with Crippen molar-refractivity contribution in [1.82, 2.24) is 0 Å².